The number of piperidine rings is 1. The van der Waals surface area contributed by atoms with E-state index in [1.807, 2.05) is 12.1 Å². The van der Waals surface area contributed by atoms with Crippen molar-refractivity contribution in [2.45, 2.75) is 12.8 Å². The normalized spacial score (nSPS) is 16.0. The summed E-state index contributed by atoms with van der Waals surface area (Å²) in [5.74, 6) is 0.285. The maximum absolute atomic E-state index is 12.3. The Kier molecular flexibility index (Phi) is 3.96. The van der Waals surface area contributed by atoms with Gasteiger partial charge in [-0.2, -0.15) is 5.26 Å². The summed E-state index contributed by atoms with van der Waals surface area (Å²) in [6.45, 7) is 1.83. The molecule has 94 valence electrons. The Hall–Kier alpha value is -1.86. The molecule has 1 fully saturated rings. The highest BCUT2D eigenvalue weighted by molar-refractivity contribution is 5.94. The number of hydrogen-bond acceptors (Lipinski definition) is 3. The third-order valence-corrected chi connectivity index (χ3v) is 3.40. The van der Waals surface area contributed by atoms with Crippen LogP contribution in [0.5, 0.6) is 0 Å². The first kappa shape index (κ1) is 12.6. The number of anilines is 1. The lowest BCUT2D eigenvalue weighted by Crippen LogP contribution is -2.39. The van der Waals surface area contributed by atoms with Crippen LogP contribution < -0.4 is 10.2 Å². The summed E-state index contributed by atoms with van der Waals surface area (Å²) in [5, 5.41) is 12.0. The third-order valence-electron chi connectivity index (χ3n) is 3.40. The fraction of sp³-hybridized carbons (Fsp3) is 0.429. The SMILES string of the molecule is CN(C(=O)C1CCNCC1)c1ccc(C#N)cc1. The molecule has 0 atom stereocenters. The number of nitrogens with zero attached hydrogens (tertiary/aromatic N) is 2. The van der Waals surface area contributed by atoms with Gasteiger partial charge in [0.05, 0.1) is 11.6 Å². The first-order valence-electron chi connectivity index (χ1n) is 6.21. The molecule has 18 heavy (non-hydrogen) atoms. The van der Waals surface area contributed by atoms with E-state index >= 15 is 0 Å². The molecule has 1 aromatic carbocycles. The molecule has 0 bridgehead atoms. The molecule has 0 saturated carbocycles. The van der Waals surface area contributed by atoms with E-state index < -0.39 is 0 Å². The van der Waals surface area contributed by atoms with Gasteiger partial charge < -0.3 is 10.2 Å². The third kappa shape index (κ3) is 2.69. The van der Waals surface area contributed by atoms with Crippen molar-refractivity contribution in [3.8, 4) is 6.07 Å². The Morgan fingerprint density at radius 2 is 1.94 bits per heavy atom. The van der Waals surface area contributed by atoms with Gasteiger partial charge in [0.15, 0.2) is 0 Å². The average Bonchev–Trinajstić information content (AvgIpc) is 2.47. The summed E-state index contributed by atoms with van der Waals surface area (Å²) in [7, 11) is 1.80. The number of hydrogen-bond donors (Lipinski definition) is 1. The summed E-state index contributed by atoms with van der Waals surface area (Å²) < 4.78 is 0. The van der Waals surface area contributed by atoms with Crippen LogP contribution in [0.2, 0.25) is 0 Å². The van der Waals surface area contributed by atoms with Gasteiger partial charge in [-0.15, -0.1) is 0 Å². The highest BCUT2D eigenvalue weighted by atomic mass is 16.2. The van der Waals surface area contributed by atoms with Crippen LogP contribution >= 0.6 is 0 Å². The second kappa shape index (κ2) is 5.65. The lowest BCUT2D eigenvalue weighted by atomic mass is 9.96. The molecule has 1 heterocycles. The van der Waals surface area contributed by atoms with Gasteiger partial charge in [-0.3, -0.25) is 4.79 Å². The molecule has 0 unspecified atom stereocenters. The van der Waals surface area contributed by atoms with Gasteiger partial charge in [-0.05, 0) is 50.2 Å². The van der Waals surface area contributed by atoms with Crippen LogP contribution in [0, 0.1) is 17.2 Å². The summed E-state index contributed by atoms with van der Waals surface area (Å²) in [6.07, 6.45) is 1.80. The van der Waals surface area contributed by atoms with Gasteiger partial charge in [-0.25, -0.2) is 0 Å². The number of rotatable bonds is 2. The van der Waals surface area contributed by atoms with E-state index in [0.717, 1.165) is 31.6 Å². The van der Waals surface area contributed by atoms with Crippen molar-refractivity contribution in [1.29, 1.82) is 5.26 Å². The van der Waals surface area contributed by atoms with Crippen LogP contribution in [0.3, 0.4) is 0 Å². The first-order chi connectivity index (χ1) is 8.72. The van der Waals surface area contributed by atoms with Gasteiger partial charge >= 0.3 is 0 Å². The summed E-state index contributed by atoms with van der Waals surface area (Å²) in [6, 6.07) is 9.18. The predicted molar refractivity (Wildman–Crippen MR) is 70.2 cm³/mol. The average molecular weight is 243 g/mol. The number of nitrogens with one attached hydrogen (secondary N) is 1. The van der Waals surface area contributed by atoms with Gasteiger partial charge in [0.2, 0.25) is 5.91 Å². The Labute approximate surface area is 107 Å². The fourth-order valence-corrected chi connectivity index (χ4v) is 2.23. The highest BCUT2D eigenvalue weighted by Crippen LogP contribution is 2.20. The molecule has 0 aliphatic carbocycles. The standard InChI is InChI=1S/C14H17N3O/c1-17(13-4-2-11(10-15)3-5-13)14(18)12-6-8-16-9-7-12/h2-5,12,16H,6-9H2,1H3. The smallest absolute Gasteiger partial charge is 0.229 e. The molecule has 0 spiro atoms. The van der Waals surface area contributed by atoms with Crippen molar-refractivity contribution in [2.75, 3.05) is 25.0 Å². The predicted octanol–water partition coefficient (Wildman–Crippen LogP) is 1.52. The van der Waals surface area contributed by atoms with Crippen LogP contribution in [0.25, 0.3) is 0 Å². The lowest BCUT2D eigenvalue weighted by molar-refractivity contribution is -0.122. The Morgan fingerprint density at radius 3 is 2.50 bits per heavy atom. The number of carbonyl (C=O) groups excluding carboxylic acids is 1. The van der Waals surface area contributed by atoms with Crippen LogP contribution in [0.15, 0.2) is 24.3 Å². The van der Waals surface area contributed by atoms with Gasteiger partial charge in [-0.1, -0.05) is 0 Å². The highest BCUT2D eigenvalue weighted by Gasteiger charge is 2.24. The van der Waals surface area contributed by atoms with Crippen molar-refractivity contribution in [2.24, 2.45) is 5.92 Å². The molecule has 1 aliphatic heterocycles. The molecule has 4 nitrogen and oxygen atoms in total. The maximum Gasteiger partial charge on any atom is 0.229 e. The number of carbonyl (C=O) groups is 1. The lowest BCUT2D eigenvalue weighted by Gasteiger charge is -2.27. The maximum atomic E-state index is 12.3. The molecule has 1 aromatic rings. The van der Waals surface area contributed by atoms with Crippen molar-refractivity contribution in [3.63, 3.8) is 0 Å². The van der Waals surface area contributed by atoms with Gasteiger partial charge in [0, 0.05) is 18.7 Å². The van der Waals surface area contributed by atoms with E-state index in [0.29, 0.717) is 5.56 Å². The van der Waals surface area contributed by atoms with Crippen LogP contribution in [0.4, 0.5) is 5.69 Å². The van der Waals surface area contributed by atoms with E-state index in [-0.39, 0.29) is 11.8 Å². The van der Waals surface area contributed by atoms with Crippen LogP contribution in [0.1, 0.15) is 18.4 Å². The van der Waals surface area contributed by atoms with E-state index in [4.69, 9.17) is 5.26 Å². The van der Waals surface area contributed by atoms with Crippen molar-refractivity contribution in [3.05, 3.63) is 29.8 Å². The Bertz CT molecular complexity index is 455. The zero-order chi connectivity index (χ0) is 13.0. The minimum absolute atomic E-state index is 0.117. The minimum atomic E-state index is 0.117. The Balaban J connectivity index is 2.07. The molecular formula is C14H17N3O. The zero-order valence-electron chi connectivity index (χ0n) is 10.5. The van der Waals surface area contributed by atoms with E-state index in [9.17, 15) is 4.79 Å². The van der Waals surface area contributed by atoms with E-state index in [1.165, 1.54) is 0 Å². The van der Waals surface area contributed by atoms with E-state index in [1.54, 1.807) is 24.1 Å². The molecule has 1 amide bonds. The van der Waals surface area contributed by atoms with E-state index in [2.05, 4.69) is 11.4 Å². The second-order valence-electron chi connectivity index (χ2n) is 4.58. The first-order valence-corrected chi connectivity index (χ1v) is 6.21. The topological polar surface area (TPSA) is 56.1 Å². The largest absolute Gasteiger partial charge is 0.317 e. The molecule has 0 aromatic heterocycles. The van der Waals surface area contributed by atoms with Crippen LogP contribution in [-0.2, 0) is 4.79 Å². The number of benzene rings is 1. The molecule has 2 rings (SSSR count). The monoisotopic (exact) mass is 243 g/mol. The Morgan fingerprint density at radius 1 is 1.33 bits per heavy atom. The van der Waals surface area contributed by atoms with Crippen molar-refractivity contribution < 1.29 is 4.79 Å². The van der Waals surface area contributed by atoms with Crippen LogP contribution in [-0.4, -0.2) is 26.0 Å². The molecule has 4 heteroatoms. The molecule has 1 saturated heterocycles. The zero-order valence-corrected chi connectivity index (χ0v) is 10.5. The minimum Gasteiger partial charge on any atom is -0.317 e. The second-order valence-corrected chi connectivity index (χ2v) is 4.58. The summed E-state index contributed by atoms with van der Waals surface area (Å²) >= 11 is 0. The van der Waals surface area contributed by atoms with Gasteiger partial charge in [0.25, 0.3) is 0 Å². The molecular weight excluding hydrogens is 226 g/mol. The fourth-order valence-electron chi connectivity index (χ4n) is 2.23. The quantitative estimate of drug-likeness (QED) is 0.856. The molecule has 1 aliphatic rings. The number of amides is 1. The molecule has 1 N–H and O–H groups in total. The summed E-state index contributed by atoms with van der Waals surface area (Å²) in [4.78, 5) is 14.0. The van der Waals surface area contributed by atoms with Gasteiger partial charge in [0.1, 0.15) is 0 Å². The number of nitriles is 1. The van der Waals surface area contributed by atoms with Crippen molar-refractivity contribution in [1.82, 2.24) is 5.32 Å². The van der Waals surface area contributed by atoms with Crippen molar-refractivity contribution >= 4 is 11.6 Å². The molecule has 0 radical (unpaired) electrons. The summed E-state index contributed by atoms with van der Waals surface area (Å²) in [5.41, 5.74) is 1.46.